The first-order chi connectivity index (χ1) is 13.7. The summed E-state index contributed by atoms with van der Waals surface area (Å²) < 4.78 is 19.4. The smallest absolute Gasteiger partial charge is 0.355 e. The van der Waals surface area contributed by atoms with Gasteiger partial charge in [0, 0.05) is 17.2 Å². The lowest BCUT2D eigenvalue weighted by atomic mass is 9.78. The summed E-state index contributed by atoms with van der Waals surface area (Å²) in [6, 6.07) is 19.2. The van der Waals surface area contributed by atoms with Gasteiger partial charge in [0.2, 0.25) is 0 Å². The molecule has 1 atom stereocenters. The highest BCUT2D eigenvalue weighted by Crippen LogP contribution is 2.50. The van der Waals surface area contributed by atoms with Gasteiger partial charge < -0.3 is 10.1 Å². The summed E-state index contributed by atoms with van der Waals surface area (Å²) in [6.07, 6.45) is 0.833. The molecule has 136 valence electrons. The standard InChI is InChI=1S/C24H16FNO2/c25-15-6-3-5-14(10-15)21-19-12-28-24(27)23(19)26-20-9-8-17-16-7-2-1-4-13(16)11-18(17)22(20)21/h1-10,21,26H,11-12H2. The van der Waals surface area contributed by atoms with E-state index >= 15 is 0 Å². The molecule has 0 aromatic heterocycles. The van der Waals surface area contributed by atoms with E-state index in [1.165, 1.54) is 28.3 Å². The van der Waals surface area contributed by atoms with Crippen LogP contribution in [0.2, 0.25) is 0 Å². The Morgan fingerprint density at radius 2 is 1.89 bits per heavy atom. The molecule has 1 unspecified atom stereocenters. The summed E-state index contributed by atoms with van der Waals surface area (Å²) in [5.74, 6) is -0.815. The van der Waals surface area contributed by atoms with E-state index < -0.39 is 0 Å². The molecule has 3 aromatic rings. The van der Waals surface area contributed by atoms with Crippen LogP contribution < -0.4 is 5.32 Å². The quantitative estimate of drug-likeness (QED) is 0.492. The first-order valence-electron chi connectivity index (χ1n) is 9.37. The highest BCUT2D eigenvalue weighted by molar-refractivity contribution is 5.98. The average Bonchev–Trinajstić information content (AvgIpc) is 3.27. The topological polar surface area (TPSA) is 38.3 Å². The average molecular weight is 369 g/mol. The summed E-state index contributed by atoms with van der Waals surface area (Å²) in [7, 11) is 0. The zero-order chi connectivity index (χ0) is 18.8. The van der Waals surface area contributed by atoms with Gasteiger partial charge in [-0.05, 0) is 58.0 Å². The minimum atomic E-state index is -0.342. The minimum absolute atomic E-state index is 0.197. The maximum Gasteiger partial charge on any atom is 0.355 e. The molecule has 0 radical (unpaired) electrons. The molecule has 0 amide bonds. The van der Waals surface area contributed by atoms with Gasteiger partial charge in [-0.2, -0.15) is 0 Å². The Morgan fingerprint density at radius 3 is 2.79 bits per heavy atom. The predicted molar refractivity (Wildman–Crippen MR) is 105 cm³/mol. The van der Waals surface area contributed by atoms with Crippen molar-refractivity contribution in [3.8, 4) is 11.1 Å². The molecular formula is C24H16FNO2. The fraction of sp³-hybridized carbons (Fsp3) is 0.125. The highest BCUT2D eigenvalue weighted by Gasteiger charge is 2.40. The van der Waals surface area contributed by atoms with Crippen LogP contribution in [-0.4, -0.2) is 12.6 Å². The Kier molecular flexibility index (Phi) is 3.10. The zero-order valence-electron chi connectivity index (χ0n) is 15.0. The molecular weight excluding hydrogens is 353 g/mol. The van der Waals surface area contributed by atoms with E-state index in [9.17, 15) is 9.18 Å². The second-order valence-electron chi connectivity index (χ2n) is 7.48. The van der Waals surface area contributed by atoms with Gasteiger partial charge in [-0.1, -0.05) is 42.5 Å². The number of fused-ring (bicyclic) bond motifs is 5. The number of rotatable bonds is 1. The second kappa shape index (κ2) is 5.55. The molecule has 3 aromatic carbocycles. The lowest BCUT2D eigenvalue weighted by Gasteiger charge is -2.30. The van der Waals surface area contributed by atoms with E-state index in [1.54, 1.807) is 12.1 Å². The van der Waals surface area contributed by atoms with Crippen LogP contribution >= 0.6 is 0 Å². The molecule has 0 saturated heterocycles. The number of carbonyl (C=O) groups is 1. The van der Waals surface area contributed by atoms with Crippen molar-refractivity contribution < 1.29 is 13.9 Å². The SMILES string of the molecule is O=C1OCC2=C1Nc1ccc3c(c1C2c1cccc(F)c1)Cc1ccccc1-3. The number of ether oxygens (including phenoxy) is 1. The van der Waals surface area contributed by atoms with Crippen molar-refractivity contribution in [2.24, 2.45) is 0 Å². The molecule has 28 heavy (non-hydrogen) atoms. The maximum atomic E-state index is 14.1. The van der Waals surface area contributed by atoms with Crippen LogP contribution in [0, 0.1) is 5.82 Å². The van der Waals surface area contributed by atoms with Crippen molar-refractivity contribution in [2.75, 3.05) is 11.9 Å². The molecule has 2 aliphatic heterocycles. The number of carbonyl (C=O) groups excluding carboxylic acids is 1. The van der Waals surface area contributed by atoms with Crippen LogP contribution in [-0.2, 0) is 16.0 Å². The van der Waals surface area contributed by atoms with Gasteiger partial charge in [0.15, 0.2) is 0 Å². The Morgan fingerprint density at radius 1 is 1.00 bits per heavy atom. The third-order valence-electron chi connectivity index (χ3n) is 5.99. The minimum Gasteiger partial charge on any atom is -0.456 e. The van der Waals surface area contributed by atoms with E-state index in [4.69, 9.17) is 4.74 Å². The molecule has 6 rings (SSSR count). The van der Waals surface area contributed by atoms with Crippen molar-refractivity contribution in [1.29, 1.82) is 0 Å². The van der Waals surface area contributed by atoms with E-state index in [2.05, 4.69) is 35.6 Å². The van der Waals surface area contributed by atoms with E-state index in [0.29, 0.717) is 5.70 Å². The normalized spacial score (nSPS) is 18.8. The molecule has 3 nitrogen and oxygen atoms in total. The second-order valence-corrected chi connectivity index (χ2v) is 7.48. The van der Waals surface area contributed by atoms with Crippen LogP contribution in [0.15, 0.2) is 71.9 Å². The summed E-state index contributed by atoms with van der Waals surface area (Å²) in [5, 5.41) is 3.29. The number of halogens is 1. The van der Waals surface area contributed by atoms with Gasteiger partial charge in [-0.25, -0.2) is 9.18 Å². The third kappa shape index (κ3) is 2.06. The first kappa shape index (κ1) is 15.6. The summed E-state index contributed by atoms with van der Waals surface area (Å²) >= 11 is 0. The predicted octanol–water partition coefficient (Wildman–Crippen LogP) is 4.77. The number of esters is 1. The van der Waals surface area contributed by atoms with E-state index in [1.807, 2.05) is 12.1 Å². The van der Waals surface area contributed by atoms with Gasteiger partial charge in [0.1, 0.15) is 18.1 Å². The van der Waals surface area contributed by atoms with Gasteiger partial charge in [-0.3, -0.25) is 0 Å². The number of anilines is 1. The Labute approximate surface area is 161 Å². The Bertz CT molecular complexity index is 1210. The van der Waals surface area contributed by atoms with E-state index in [-0.39, 0.29) is 24.3 Å². The number of cyclic esters (lactones) is 1. The molecule has 1 aliphatic carbocycles. The van der Waals surface area contributed by atoms with Crippen LogP contribution in [0.25, 0.3) is 11.1 Å². The van der Waals surface area contributed by atoms with Crippen LogP contribution in [0.5, 0.6) is 0 Å². The van der Waals surface area contributed by atoms with Gasteiger partial charge >= 0.3 is 5.97 Å². The van der Waals surface area contributed by atoms with E-state index in [0.717, 1.165) is 28.8 Å². The molecule has 4 heteroatoms. The summed E-state index contributed by atoms with van der Waals surface area (Å²) in [4.78, 5) is 12.3. The van der Waals surface area contributed by atoms with Crippen molar-refractivity contribution in [3.63, 3.8) is 0 Å². The number of hydrogen-bond donors (Lipinski definition) is 1. The lowest BCUT2D eigenvalue weighted by Crippen LogP contribution is -2.21. The van der Waals surface area contributed by atoms with Crippen LogP contribution in [0.3, 0.4) is 0 Å². The fourth-order valence-corrected chi connectivity index (χ4v) is 4.81. The van der Waals surface area contributed by atoms with Crippen molar-refractivity contribution in [3.05, 3.63) is 100 Å². The van der Waals surface area contributed by atoms with Crippen molar-refractivity contribution >= 4 is 11.7 Å². The monoisotopic (exact) mass is 369 g/mol. The molecule has 0 fully saturated rings. The fourth-order valence-electron chi connectivity index (χ4n) is 4.81. The molecule has 3 aliphatic rings. The molecule has 2 heterocycles. The zero-order valence-corrected chi connectivity index (χ0v) is 15.0. The van der Waals surface area contributed by atoms with Crippen LogP contribution in [0.1, 0.15) is 28.2 Å². The highest BCUT2D eigenvalue weighted by atomic mass is 19.1. The van der Waals surface area contributed by atoms with Gasteiger partial charge in [-0.15, -0.1) is 0 Å². The molecule has 0 bridgehead atoms. The van der Waals surface area contributed by atoms with Gasteiger partial charge in [0.25, 0.3) is 0 Å². The molecule has 1 N–H and O–H groups in total. The molecule has 0 saturated carbocycles. The number of nitrogens with one attached hydrogen (secondary N) is 1. The lowest BCUT2D eigenvalue weighted by molar-refractivity contribution is -0.135. The Hall–Kier alpha value is -3.40. The Balaban J connectivity index is 1.63. The number of hydrogen-bond acceptors (Lipinski definition) is 3. The van der Waals surface area contributed by atoms with Gasteiger partial charge in [0.05, 0.1) is 0 Å². The summed E-state index contributed by atoms with van der Waals surface area (Å²) in [6.45, 7) is 0.235. The van der Waals surface area contributed by atoms with Crippen molar-refractivity contribution in [1.82, 2.24) is 0 Å². The third-order valence-corrected chi connectivity index (χ3v) is 5.99. The first-order valence-corrected chi connectivity index (χ1v) is 9.37. The summed E-state index contributed by atoms with van der Waals surface area (Å²) in [5.41, 5.74) is 9.25. The molecule has 0 spiro atoms. The van der Waals surface area contributed by atoms with Crippen molar-refractivity contribution in [2.45, 2.75) is 12.3 Å². The van der Waals surface area contributed by atoms with Crippen LogP contribution in [0.4, 0.5) is 10.1 Å². The maximum absolute atomic E-state index is 14.1. The largest absolute Gasteiger partial charge is 0.456 e. The number of benzene rings is 3.